The summed E-state index contributed by atoms with van der Waals surface area (Å²) in [4.78, 5) is 0. The SMILES string of the molecule is C#CC(C)(C)Nc1ccc(C(F)(F)F)cc1Br. The molecule has 92 valence electrons. The van der Waals surface area contributed by atoms with Gasteiger partial charge in [0, 0.05) is 10.2 Å². The highest BCUT2D eigenvalue weighted by molar-refractivity contribution is 9.10. The molecule has 0 atom stereocenters. The molecule has 0 amide bonds. The molecule has 1 aromatic carbocycles. The maximum atomic E-state index is 12.4. The third-order valence-electron chi connectivity index (χ3n) is 2.10. The lowest BCUT2D eigenvalue weighted by Gasteiger charge is -2.22. The average molecular weight is 306 g/mol. The van der Waals surface area contributed by atoms with Crippen LogP contribution in [0.2, 0.25) is 0 Å². The second-order valence-corrected chi connectivity index (χ2v) is 4.94. The van der Waals surface area contributed by atoms with E-state index in [1.54, 1.807) is 13.8 Å². The Morgan fingerprint density at radius 2 is 1.88 bits per heavy atom. The van der Waals surface area contributed by atoms with Crippen molar-refractivity contribution in [1.82, 2.24) is 0 Å². The van der Waals surface area contributed by atoms with Crippen molar-refractivity contribution >= 4 is 21.6 Å². The summed E-state index contributed by atoms with van der Waals surface area (Å²) in [5.41, 5.74) is -0.795. The van der Waals surface area contributed by atoms with Crippen LogP contribution in [0, 0.1) is 12.3 Å². The molecular formula is C12H11BrF3N. The van der Waals surface area contributed by atoms with Crippen molar-refractivity contribution in [1.29, 1.82) is 0 Å². The van der Waals surface area contributed by atoms with E-state index in [1.165, 1.54) is 6.07 Å². The van der Waals surface area contributed by atoms with Crippen LogP contribution in [0.4, 0.5) is 18.9 Å². The predicted molar refractivity (Wildman–Crippen MR) is 65.7 cm³/mol. The van der Waals surface area contributed by atoms with Crippen molar-refractivity contribution in [2.75, 3.05) is 5.32 Å². The molecule has 0 radical (unpaired) electrons. The zero-order chi connectivity index (χ0) is 13.3. The van der Waals surface area contributed by atoms with Gasteiger partial charge in [0.15, 0.2) is 0 Å². The van der Waals surface area contributed by atoms with Gasteiger partial charge in [0.25, 0.3) is 0 Å². The fraction of sp³-hybridized carbons (Fsp3) is 0.333. The summed E-state index contributed by atoms with van der Waals surface area (Å²) in [6.45, 7) is 3.52. The van der Waals surface area contributed by atoms with E-state index in [0.717, 1.165) is 12.1 Å². The molecule has 0 saturated carbocycles. The lowest BCUT2D eigenvalue weighted by atomic mass is 10.1. The van der Waals surface area contributed by atoms with Crippen LogP contribution in [0.25, 0.3) is 0 Å². The summed E-state index contributed by atoms with van der Waals surface area (Å²) in [6.07, 6.45) is 0.951. The normalized spacial score (nSPS) is 12.1. The van der Waals surface area contributed by atoms with Gasteiger partial charge >= 0.3 is 6.18 Å². The Kier molecular flexibility index (Phi) is 3.78. The van der Waals surface area contributed by atoms with Gasteiger partial charge in [0.1, 0.15) is 0 Å². The molecule has 0 saturated heterocycles. The average Bonchev–Trinajstić information content (AvgIpc) is 2.19. The number of nitrogens with one attached hydrogen (secondary N) is 1. The fourth-order valence-corrected chi connectivity index (χ4v) is 1.64. The van der Waals surface area contributed by atoms with Crippen molar-refractivity contribution in [3.8, 4) is 12.3 Å². The monoisotopic (exact) mass is 305 g/mol. The van der Waals surface area contributed by atoms with Crippen molar-refractivity contribution in [2.24, 2.45) is 0 Å². The molecule has 5 heteroatoms. The molecule has 0 aromatic heterocycles. The molecule has 1 rings (SSSR count). The number of anilines is 1. The number of terminal acetylenes is 1. The summed E-state index contributed by atoms with van der Waals surface area (Å²) >= 11 is 3.09. The summed E-state index contributed by atoms with van der Waals surface area (Å²) in [5.74, 6) is 2.51. The molecule has 0 spiro atoms. The van der Waals surface area contributed by atoms with E-state index in [4.69, 9.17) is 6.42 Å². The highest BCUT2D eigenvalue weighted by atomic mass is 79.9. The van der Waals surface area contributed by atoms with Gasteiger partial charge in [-0.25, -0.2) is 0 Å². The highest BCUT2D eigenvalue weighted by Gasteiger charge is 2.31. The van der Waals surface area contributed by atoms with E-state index in [0.29, 0.717) is 10.2 Å². The Labute approximate surface area is 107 Å². The second kappa shape index (κ2) is 4.61. The van der Waals surface area contributed by atoms with Crippen LogP contribution >= 0.6 is 15.9 Å². The highest BCUT2D eigenvalue weighted by Crippen LogP contribution is 2.34. The van der Waals surface area contributed by atoms with E-state index < -0.39 is 17.3 Å². The third kappa shape index (κ3) is 3.67. The summed E-state index contributed by atoms with van der Waals surface area (Å²) in [6, 6.07) is 3.39. The van der Waals surface area contributed by atoms with Crippen LogP contribution in [0.5, 0.6) is 0 Å². The zero-order valence-electron chi connectivity index (χ0n) is 9.32. The maximum Gasteiger partial charge on any atom is 0.416 e. The molecule has 1 N–H and O–H groups in total. The molecule has 1 nitrogen and oxygen atoms in total. The number of benzene rings is 1. The molecule has 0 unspecified atom stereocenters. The number of rotatable bonds is 2. The van der Waals surface area contributed by atoms with E-state index >= 15 is 0 Å². The maximum absolute atomic E-state index is 12.4. The van der Waals surface area contributed by atoms with Gasteiger partial charge in [-0.1, -0.05) is 5.92 Å². The second-order valence-electron chi connectivity index (χ2n) is 4.09. The molecule has 1 aromatic rings. The minimum absolute atomic E-state index is 0.329. The van der Waals surface area contributed by atoms with E-state index in [1.807, 2.05) is 0 Å². The Morgan fingerprint density at radius 1 is 1.29 bits per heavy atom. The van der Waals surface area contributed by atoms with Gasteiger partial charge in [-0.05, 0) is 48.0 Å². The largest absolute Gasteiger partial charge is 0.416 e. The topological polar surface area (TPSA) is 12.0 Å². The van der Waals surface area contributed by atoms with Crippen LogP contribution in [0.15, 0.2) is 22.7 Å². The molecule has 0 aliphatic heterocycles. The molecule has 0 heterocycles. The molecule has 0 aliphatic rings. The molecular weight excluding hydrogens is 295 g/mol. The minimum atomic E-state index is -4.34. The van der Waals surface area contributed by atoms with Crippen molar-refractivity contribution in [2.45, 2.75) is 25.6 Å². The number of hydrogen-bond donors (Lipinski definition) is 1. The number of hydrogen-bond acceptors (Lipinski definition) is 1. The first kappa shape index (κ1) is 13.9. The molecule has 0 bridgehead atoms. The van der Waals surface area contributed by atoms with Crippen molar-refractivity contribution < 1.29 is 13.2 Å². The smallest absolute Gasteiger partial charge is 0.369 e. The summed E-state index contributed by atoms with van der Waals surface area (Å²) in [7, 11) is 0. The lowest BCUT2D eigenvalue weighted by Crippen LogP contribution is -2.28. The third-order valence-corrected chi connectivity index (χ3v) is 2.76. The molecule has 0 aliphatic carbocycles. The Hall–Kier alpha value is -1.15. The predicted octanol–water partition coefficient (Wildman–Crippen LogP) is 4.29. The zero-order valence-corrected chi connectivity index (χ0v) is 10.9. The van der Waals surface area contributed by atoms with Crippen molar-refractivity contribution in [3.05, 3.63) is 28.2 Å². The molecule has 17 heavy (non-hydrogen) atoms. The van der Waals surface area contributed by atoms with E-state index in [2.05, 4.69) is 27.2 Å². The van der Waals surface area contributed by atoms with Gasteiger partial charge in [0.2, 0.25) is 0 Å². The number of halogens is 4. The van der Waals surface area contributed by atoms with Crippen LogP contribution in [-0.4, -0.2) is 5.54 Å². The Bertz CT molecular complexity index is 458. The number of alkyl halides is 3. The first-order valence-corrected chi connectivity index (χ1v) is 5.58. The lowest BCUT2D eigenvalue weighted by molar-refractivity contribution is -0.137. The minimum Gasteiger partial charge on any atom is -0.369 e. The Balaban J connectivity index is 3.04. The Morgan fingerprint density at radius 3 is 2.29 bits per heavy atom. The fourth-order valence-electron chi connectivity index (χ4n) is 1.17. The first-order chi connectivity index (χ1) is 7.65. The summed E-state index contributed by atoms with van der Waals surface area (Å²) < 4.78 is 37.6. The van der Waals surface area contributed by atoms with Gasteiger partial charge in [-0.15, -0.1) is 6.42 Å². The van der Waals surface area contributed by atoms with Gasteiger partial charge in [-0.3, -0.25) is 0 Å². The van der Waals surface area contributed by atoms with Crippen LogP contribution in [0.3, 0.4) is 0 Å². The van der Waals surface area contributed by atoms with E-state index in [-0.39, 0.29) is 0 Å². The van der Waals surface area contributed by atoms with Crippen LogP contribution in [-0.2, 0) is 6.18 Å². The molecule has 0 fully saturated rings. The van der Waals surface area contributed by atoms with Gasteiger partial charge in [0.05, 0.1) is 11.1 Å². The quantitative estimate of drug-likeness (QED) is 0.804. The summed E-state index contributed by atoms with van der Waals surface area (Å²) in [5, 5.41) is 2.96. The standard InChI is InChI=1S/C12H11BrF3N/c1-4-11(2,3)17-10-6-5-8(7-9(10)13)12(14,15)16/h1,5-7,17H,2-3H3. The van der Waals surface area contributed by atoms with Gasteiger partial charge in [-0.2, -0.15) is 13.2 Å². The van der Waals surface area contributed by atoms with Crippen molar-refractivity contribution in [3.63, 3.8) is 0 Å². The van der Waals surface area contributed by atoms with Gasteiger partial charge < -0.3 is 5.32 Å². The van der Waals surface area contributed by atoms with Crippen LogP contribution < -0.4 is 5.32 Å². The van der Waals surface area contributed by atoms with E-state index in [9.17, 15) is 13.2 Å². The van der Waals surface area contributed by atoms with Crippen LogP contribution in [0.1, 0.15) is 19.4 Å². The first-order valence-electron chi connectivity index (χ1n) is 4.78.